The molecule has 0 bridgehead atoms. The summed E-state index contributed by atoms with van der Waals surface area (Å²) in [6, 6.07) is -1.40. The van der Waals surface area contributed by atoms with Crippen LogP contribution < -0.4 is 16.0 Å². The van der Waals surface area contributed by atoms with Gasteiger partial charge in [0.1, 0.15) is 6.04 Å². The summed E-state index contributed by atoms with van der Waals surface area (Å²) in [4.78, 5) is 34.6. The number of carboxylic acid groups (broad SMARTS) is 1. The molecule has 1 rings (SSSR count). The lowest BCUT2D eigenvalue weighted by Crippen LogP contribution is -2.51. The smallest absolute Gasteiger partial charge is 0.405 e. The predicted molar refractivity (Wildman–Crippen MR) is 88.5 cm³/mol. The van der Waals surface area contributed by atoms with E-state index in [-0.39, 0.29) is 18.9 Å². The van der Waals surface area contributed by atoms with Crippen LogP contribution in [0, 0.1) is 5.92 Å². The molecule has 138 valence electrons. The molecule has 5 N–H and O–H groups in total. The molecule has 24 heavy (non-hydrogen) atoms. The number of aliphatic hydroxyl groups is 1. The first-order valence-electron chi connectivity index (χ1n) is 8.57. The van der Waals surface area contributed by atoms with Gasteiger partial charge in [-0.2, -0.15) is 0 Å². The highest BCUT2D eigenvalue weighted by atomic mass is 16.4. The molecule has 0 heterocycles. The third-order valence-electron chi connectivity index (χ3n) is 4.47. The van der Waals surface area contributed by atoms with E-state index in [2.05, 4.69) is 16.0 Å². The molecule has 0 aromatic heterocycles. The average Bonchev–Trinajstić information content (AvgIpc) is 2.57. The predicted octanol–water partition coefficient (Wildman–Crippen LogP) is 0.596. The summed E-state index contributed by atoms with van der Waals surface area (Å²) in [5.41, 5.74) is 0. The molecule has 0 spiro atoms. The second kappa shape index (κ2) is 10.9. The van der Waals surface area contributed by atoms with Crippen molar-refractivity contribution in [1.29, 1.82) is 0 Å². The molecule has 8 nitrogen and oxygen atoms in total. The van der Waals surface area contributed by atoms with Gasteiger partial charge in [-0.3, -0.25) is 9.59 Å². The Morgan fingerprint density at radius 3 is 2.33 bits per heavy atom. The van der Waals surface area contributed by atoms with E-state index in [1.54, 1.807) is 0 Å². The van der Waals surface area contributed by atoms with Gasteiger partial charge in [0.05, 0.1) is 12.6 Å². The SMILES string of the molecule is CNC(=O)CCC(CO)NC(=O)C(CC1CCCCC1)NC(=O)O. The molecule has 2 unspecified atom stereocenters. The maximum absolute atomic E-state index is 12.4. The number of aliphatic hydroxyl groups excluding tert-OH is 1. The van der Waals surface area contributed by atoms with Crippen molar-refractivity contribution < 1.29 is 24.6 Å². The molecule has 8 heteroatoms. The van der Waals surface area contributed by atoms with Crippen LogP contribution in [0.1, 0.15) is 51.4 Å². The molecule has 0 aromatic carbocycles. The number of hydrogen-bond acceptors (Lipinski definition) is 4. The van der Waals surface area contributed by atoms with E-state index in [0.29, 0.717) is 18.8 Å². The number of rotatable bonds is 9. The van der Waals surface area contributed by atoms with Crippen molar-refractivity contribution in [3.05, 3.63) is 0 Å². The first kappa shape index (κ1) is 20.2. The summed E-state index contributed by atoms with van der Waals surface area (Å²) in [6.45, 7) is -0.300. The normalized spacial score (nSPS) is 17.6. The van der Waals surface area contributed by atoms with E-state index in [9.17, 15) is 19.5 Å². The highest BCUT2D eigenvalue weighted by Gasteiger charge is 2.27. The van der Waals surface area contributed by atoms with Crippen molar-refractivity contribution >= 4 is 17.9 Å². The fraction of sp³-hybridized carbons (Fsp3) is 0.812. The number of amides is 3. The van der Waals surface area contributed by atoms with Gasteiger partial charge in [-0.1, -0.05) is 32.1 Å². The van der Waals surface area contributed by atoms with Crippen molar-refractivity contribution in [2.24, 2.45) is 5.92 Å². The number of hydrogen-bond donors (Lipinski definition) is 5. The van der Waals surface area contributed by atoms with E-state index >= 15 is 0 Å². The number of nitrogens with one attached hydrogen (secondary N) is 3. The van der Waals surface area contributed by atoms with Crippen molar-refractivity contribution in [3.8, 4) is 0 Å². The average molecular weight is 343 g/mol. The van der Waals surface area contributed by atoms with Crippen LogP contribution in [-0.4, -0.2) is 53.9 Å². The first-order chi connectivity index (χ1) is 11.5. The monoisotopic (exact) mass is 343 g/mol. The van der Waals surface area contributed by atoms with E-state index in [4.69, 9.17) is 5.11 Å². The molecule has 2 atom stereocenters. The van der Waals surface area contributed by atoms with E-state index in [1.807, 2.05) is 0 Å². The van der Waals surface area contributed by atoms with Crippen LogP contribution in [0.15, 0.2) is 0 Å². The van der Waals surface area contributed by atoms with Gasteiger partial charge in [0.25, 0.3) is 0 Å². The molecule has 0 saturated heterocycles. The van der Waals surface area contributed by atoms with Gasteiger partial charge in [-0.15, -0.1) is 0 Å². The van der Waals surface area contributed by atoms with Crippen molar-refractivity contribution in [2.45, 2.75) is 63.5 Å². The molecule has 1 fully saturated rings. The van der Waals surface area contributed by atoms with Gasteiger partial charge >= 0.3 is 6.09 Å². The van der Waals surface area contributed by atoms with Gasteiger partial charge in [0.2, 0.25) is 11.8 Å². The fourth-order valence-corrected chi connectivity index (χ4v) is 3.08. The molecule has 1 aliphatic rings. The van der Waals surface area contributed by atoms with Crippen molar-refractivity contribution in [2.75, 3.05) is 13.7 Å². The maximum Gasteiger partial charge on any atom is 0.405 e. The van der Waals surface area contributed by atoms with Crippen LogP contribution in [-0.2, 0) is 9.59 Å². The molecule has 0 aromatic rings. The lowest BCUT2D eigenvalue weighted by atomic mass is 9.84. The number of carbonyl (C=O) groups excluding carboxylic acids is 2. The highest BCUT2D eigenvalue weighted by molar-refractivity contribution is 5.85. The number of carbonyl (C=O) groups is 3. The fourth-order valence-electron chi connectivity index (χ4n) is 3.08. The topological polar surface area (TPSA) is 128 Å². The Bertz CT molecular complexity index is 424. The maximum atomic E-state index is 12.4. The summed E-state index contributed by atoms with van der Waals surface area (Å²) in [6.07, 6.45) is 5.12. The molecular weight excluding hydrogens is 314 g/mol. The lowest BCUT2D eigenvalue weighted by molar-refractivity contribution is -0.125. The Kier molecular flexibility index (Phi) is 9.14. The third kappa shape index (κ3) is 7.63. The van der Waals surface area contributed by atoms with Crippen LogP contribution in [0.2, 0.25) is 0 Å². The zero-order valence-electron chi connectivity index (χ0n) is 14.2. The Labute approximate surface area is 142 Å². The summed E-state index contributed by atoms with van der Waals surface area (Å²) in [7, 11) is 1.52. The van der Waals surface area contributed by atoms with Crippen LogP contribution in [0.4, 0.5) is 4.79 Å². The van der Waals surface area contributed by atoms with E-state index in [0.717, 1.165) is 25.7 Å². The summed E-state index contributed by atoms with van der Waals surface area (Å²) >= 11 is 0. The van der Waals surface area contributed by atoms with Gasteiger partial charge in [0.15, 0.2) is 0 Å². The molecule has 0 radical (unpaired) electrons. The zero-order chi connectivity index (χ0) is 17.9. The van der Waals surface area contributed by atoms with Crippen LogP contribution >= 0.6 is 0 Å². The van der Waals surface area contributed by atoms with Gasteiger partial charge in [0, 0.05) is 13.5 Å². The standard InChI is InChI=1S/C16H29N3O5/c1-17-14(21)8-7-12(10-20)18-15(22)13(19-16(23)24)9-11-5-3-2-4-6-11/h11-13,19-20H,2-10H2,1H3,(H,17,21)(H,18,22)(H,23,24). The minimum atomic E-state index is -1.24. The molecule has 0 aliphatic heterocycles. The van der Waals surface area contributed by atoms with Crippen molar-refractivity contribution in [3.63, 3.8) is 0 Å². The van der Waals surface area contributed by atoms with E-state index < -0.39 is 24.1 Å². The molecule has 1 saturated carbocycles. The Morgan fingerprint density at radius 2 is 1.79 bits per heavy atom. The van der Waals surface area contributed by atoms with E-state index in [1.165, 1.54) is 13.5 Å². The van der Waals surface area contributed by atoms with Gasteiger partial charge < -0.3 is 26.2 Å². The Balaban J connectivity index is 2.57. The minimum Gasteiger partial charge on any atom is -0.465 e. The molecule has 3 amide bonds. The molecule has 1 aliphatic carbocycles. The lowest BCUT2D eigenvalue weighted by Gasteiger charge is -2.27. The minimum absolute atomic E-state index is 0.176. The summed E-state index contributed by atoms with van der Waals surface area (Å²) in [5, 5.41) is 25.7. The Hall–Kier alpha value is -1.83. The Morgan fingerprint density at radius 1 is 1.12 bits per heavy atom. The first-order valence-corrected chi connectivity index (χ1v) is 8.57. The van der Waals surface area contributed by atoms with Gasteiger partial charge in [-0.25, -0.2) is 4.79 Å². The van der Waals surface area contributed by atoms with Gasteiger partial charge in [-0.05, 0) is 18.8 Å². The third-order valence-corrected chi connectivity index (χ3v) is 4.47. The largest absolute Gasteiger partial charge is 0.465 e. The van der Waals surface area contributed by atoms with Crippen LogP contribution in [0.5, 0.6) is 0 Å². The van der Waals surface area contributed by atoms with Crippen LogP contribution in [0.25, 0.3) is 0 Å². The molecular formula is C16H29N3O5. The highest BCUT2D eigenvalue weighted by Crippen LogP contribution is 2.27. The summed E-state index contributed by atoms with van der Waals surface area (Å²) in [5.74, 6) is -0.288. The van der Waals surface area contributed by atoms with Crippen molar-refractivity contribution in [1.82, 2.24) is 16.0 Å². The second-order valence-electron chi connectivity index (χ2n) is 6.34. The summed E-state index contributed by atoms with van der Waals surface area (Å²) < 4.78 is 0. The van der Waals surface area contributed by atoms with Crippen LogP contribution in [0.3, 0.4) is 0 Å². The second-order valence-corrected chi connectivity index (χ2v) is 6.34. The quantitative estimate of drug-likeness (QED) is 0.419. The zero-order valence-corrected chi connectivity index (χ0v) is 14.2.